The molecule has 12 heteroatoms. The summed E-state index contributed by atoms with van der Waals surface area (Å²) < 4.78 is 91.9. The van der Waals surface area contributed by atoms with Gasteiger partial charge in [0.05, 0.1) is 12.7 Å². The molecule has 0 atom stereocenters. The quantitative estimate of drug-likeness (QED) is 0.126. The number of ether oxygens (including phenoxy) is 5. The largest absolute Gasteiger partial charge is 0.482 e. The van der Waals surface area contributed by atoms with E-state index >= 15 is 0 Å². The number of carbonyl (C=O) groups excluding carboxylic acids is 2. The predicted octanol–water partition coefficient (Wildman–Crippen LogP) is 4.22. The van der Waals surface area contributed by atoms with Gasteiger partial charge in [-0.1, -0.05) is 0 Å². The van der Waals surface area contributed by atoms with Crippen molar-refractivity contribution in [1.82, 2.24) is 0 Å². The van der Waals surface area contributed by atoms with Gasteiger partial charge in [-0.05, 0) is 32.0 Å². The second kappa shape index (κ2) is 11.6. The third-order valence-electron chi connectivity index (χ3n) is 4.06. The van der Waals surface area contributed by atoms with E-state index in [-0.39, 0.29) is 30.1 Å². The van der Waals surface area contributed by atoms with Crippen LogP contribution in [0.4, 0.5) is 22.0 Å². The summed E-state index contributed by atoms with van der Waals surface area (Å²) in [6.07, 6.45) is -0.988. The van der Waals surface area contributed by atoms with Gasteiger partial charge in [-0.25, -0.2) is 22.8 Å². The van der Waals surface area contributed by atoms with Crippen molar-refractivity contribution in [2.75, 3.05) is 26.9 Å². The first-order chi connectivity index (χ1) is 15.7. The maximum Gasteiger partial charge on any atom is 0.349 e. The lowest BCUT2D eigenvalue weighted by molar-refractivity contribution is -0.140. The van der Waals surface area contributed by atoms with Gasteiger partial charge in [0.25, 0.3) is 0 Å². The Morgan fingerprint density at radius 2 is 1.42 bits per heavy atom. The van der Waals surface area contributed by atoms with Crippen LogP contribution in [0.3, 0.4) is 0 Å². The first kappa shape index (κ1) is 26.0. The fourth-order valence-corrected chi connectivity index (χ4v) is 2.61. The van der Waals surface area contributed by atoms with Crippen LogP contribution < -0.4 is 9.47 Å². The normalized spacial score (nSPS) is 10.9. The number of benzene rings is 2. The molecule has 0 spiro atoms. The summed E-state index contributed by atoms with van der Waals surface area (Å²) in [6.45, 7) is 2.87. The molecule has 0 saturated carbocycles. The molecule has 2 rings (SSSR count). The van der Waals surface area contributed by atoms with Crippen LogP contribution in [-0.2, 0) is 19.0 Å². The lowest BCUT2D eigenvalue weighted by atomic mass is 10.1. The maximum atomic E-state index is 13.7. The van der Waals surface area contributed by atoms with Crippen molar-refractivity contribution in [3.63, 3.8) is 0 Å². The van der Waals surface area contributed by atoms with E-state index in [1.54, 1.807) is 13.8 Å². The highest BCUT2D eigenvalue weighted by molar-refractivity contribution is 5.91. The summed E-state index contributed by atoms with van der Waals surface area (Å²) in [7, 11) is 1.17. The molecule has 0 bridgehead atoms. The number of hydrogen-bond acceptors (Lipinski definition) is 7. The topological polar surface area (TPSA) is 80.3 Å². The number of halogens is 5. The predicted molar refractivity (Wildman–Crippen MR) is 101 cm³/mol. The Bertz CT molecular complexity index is 994. The first-order valence-corrected chi connectivity index (χ1v) is 9.46. The van der Waals surface area contributed by atoms with Crippen LogP contribution in [0.15, 0.2) is 18.2 Å². The fraction of sp³-hybridized carbons (Fsp3) is 0.333. The molecule has 0 fully saturated rings. The molecule has 2 aromatic carbocycles. The third-order valence-corrected chi connectivity index (χ3v) is 4.06. The summed E-state index contributed by atoms with van der Waals surface area (Å²) in [5, 5.41) is 0. The van der Waals surface area contributed by atoms with Crippen molar-refractivity contribution in [3.05, 3.63) is 58.4 Å². The average Bonchev–Trinajstić information content (AvgIpc) is 2.82. The summed E-state index contributed by atoms with van der Waals surface area (Å²) >= 11 is 0. The lowest BCUT2D eigenvalue weighted by Crippen LogP contribution is -2.20. The van der Waals surface area contributed by atoms with Crippen LogP contribution in [0.5, 0.6) is 11.5 Å². The van der Waals surface area contributed by atoms with Gasteiger partial charge < -0.3 is 23.7 Å². The Balaban J connectivity index is 2.24. The summed E-state index contributed by atoms with van der Waals surface area (Å²) in [4.78, 5) is 24.0. The minimum Gasteiger partial charge on any atom is -0.482 e. The molecule has 33 heavy (non-hydrogen) atoms. The van der Waals surface area contributed by atoms with E-state index in [1.165, 1.54) is 25.3 Å². The highest BCUT2D eigenvalue weighted by atomic mass is 19.2. The van der Waals surface area contributed by atoms with Crippen molar-refractivity contribution < 1.29 is 55.2 Å². The molecule has 0 radical (unpaired) electrons. The van der Waals surface area contributed by atoms with Crippen molar-refractivity contribution in [2.24, 2.45) is 0 Å². The summed E-state index contributed by atoms with van der Waals surface area (Å²) in [5.41, 5.74) is 0.289. The number of hydrogen-bond donors (Lipinski definition) is 0. The molecule has 0 N–H and O–H groups in total. The van der Waals surface area contributed by atoms with Gasteiger partial charge in [0.15, 0.2) is 12.9 Å². The van der Waals surface area contributed by atoms with Gasteiger partial charge in [0, 0.05) is 18.8 Å². The first-order valence-electron chi connectivity index (χ1n) is 9.46. The molecule has 0 unspecified atom stereocenters. The van der Waals surface area contributed by atoms with Crippen molar-refractivity contribution in [1.29, 1.82) is 0 Å². The third kappa shape index (κ3) is 5.96. The number of carbonyl (C=O) groups is 2. The van der Waals surface area contributed by atoms with Crippen molar-refractivity contribution >= 4 is 11.9 Å². The zero-order valence-corrected chi connectivity index (χ0v) is 17.7. The Kier molecular flexibility index (Phi) is 9.12. The van der Waals surface area contributed by atoms with Gasteiger partial charge >= 0.3 is 11.9 Å². The highest BCUT2D eigenvalue weighted by Gasteiger charge is 2.29. The Hall–Kier alpha value is -3.25. The number of rotatable bonds is 10. The molecule has 0 saturated heterocycles. The summed E-state index contributed by atoms with van der Waals surface area (Å²) in [5.74, 6) is -15.5. The molecule has 2 aromatic rings. The molecular formula is C21H19F5O7. The second-order valence-electron chi connectivity index (χ2n) is 6.15. The van der Waals surface area contributed by atoms with E-state index in [9.17, 15) is 31.5 Å². The zero-order valence-electron chi connectivity index (χ0n) is 17.7. The van der Waals surface area contributed by atoms with Crippen molar-refractivity contribution in [3.8, 4) is 11.5 Å². The zero-order chi connectivity index (χ0) is 24.7. The van der Waals surface area contributed by atoms with Crippen LogP contribution in [-0.4, -0.2) is 38.9 Å². The van der Waals surface area contributed by atoms with E-state index < -0.39 is 59.7 Å². The van der Waals surface area contributed by atoms with Crippen LogP contribution in [0, 0.1) is 29.1 Å². The van der Waals surface area contributed by atoms with E-state index in [0.29, 0.717) is 0 Å². The number of esters is 2. The molecule has 0 aliphatic rings. The molecule has 0 aliphatic carbocycles. The standard InChI is InChI=1S/C21H19F5O7/c1-4-30-21(31-5-2)12-8-10(6-7-11(12)20(28)29-3)32-9-13(27)33-19-17(25)15(23)14(22)16(24)18(19)26/h6-8,21H,4-5,9H2,1-3H3. The Morgan fingerprint density at radius 3 is 1.94 bits per heavy atom. The fourth-order valence-electron chi connectivity index (χ4n) is 2.61. The van der Waals surface area contributed by atoms with Crippen LogP contribution in [0.1, 0.15) is 36.1 Å². The average molecular weight is 478 g/mol. The summed E-state index contributed by atoms with van der Waals surface area (Å²) in [6, 6.07) is 3.88. The van der Waals surface area contributed by atoms with Gasteiger partial charge in [0.2, 0.25) is 34.8 Å². The van der Waals surface area contributed by atoms with E-state index in [0.717, 1.165) is 0 Å². The van der Waals surface area contributed by atoms with E-state index in [4.69, 9.17) is 18.9 Å². The Labute approximate surface area is 184 Å². The smallest absolute Gasteiger partial charge is 0.349 e. The lowest BCUT2D eigenvalue weighted by Gasteiger charge is -2.20. The molecule has 7 nitrogen and oxygen atoms in total. The van der Waals surface area contributed by atoms with Gasteiger partial charge in [-0.15, -0.1) is 0 Å². The molecule has 180 valence electrons. The molecular weight excluding hydrogens is 459 g/mol. The van der Waals surface area contributed by atoms with Crippen LogP contribution >= 0.6 is 0 Å². The second-order valence-corrected chi connectivity index (χ2v) is 6.15. The minimum atomic E-state index is -2.39. The van der Waals surface area contributed by atoms with E-state index in [2.05, 4.69) is 4.74 Å². The van der Waals surface area contributed by atoms with Gasteiger partial charge in [0.1, 0.15) is 5.75 Å². The van der Waals surface area contributed by atoms with Gasteiger partial charge in [-0.2, -0.15) is 8.78 Å². The molecule has 0 heterocycles. The monoisotopic (exact) mass is 478 g/mol. The van der Waals surface area contributed by atoms with Crippen LogP contribution in [0.25, 0.3) is 0 Å². The SMILES string of the molecule is CCOC(OCC)c1cc(OCC(=O)Oc2c(F)c(F)c(F)c(F)c2F)ccc1C(=O)OC. The van der Waals surface area contributed by atoms with Gasteiger partial charge in [-0.3, -0.25) is 0 Å². The molecule has 0 aromatic heterocycles. The van der Waals surface area contributed by atoms with E-state index in [1.807, 2.05) is 0 Å². The maximum absolute atomic E-state index is 13.7. The molecule has 0 aliphatic heterocycles. The molecule has 0 amide bonds. The number of methoxy groups -OCH3 is 1. The highest BCUT2D eigenvalue weighted by Crippen LogP contribution is 2.30. The van der Waals surface area contributed by atoms with Crippen LogP contribution in [0.2, 0.25) is 0 Å². The Morgan fingerprint density at radius 1 is 0.879 bits per heavy atom. The van der Waals surface area contributed by atoms with Crippen molar-refractivity contribution in [2.45, 2.75) is 20.1 Å². The minimum absolute atomic E-state index is 0.0172.